The van der Waals surface area contributed by atoms with Gasteiger partial charge in [-0.15, -0.1) is 24.0 Å². The van der Waals surface area contributed by atoms with E-state index in [1.165, 1.54) is 18.4 Å². The van der Waals surface area contributed by atoms with Crippen LogP contribution in [0.1, 0.15) is 25.2 Å². The zero-order valence-electron chi connectivity index (χ0n) is 14.6. The van der Waals surface area contributed by atoms with Crippen molar-refractivity contribution in [1.29, 1.82) is 0 Å². The molecule has 3 N–H and O–H groups in total. The molecule has 0 fully saturated rings. The van der Waals surface area contributed by atoms with E-state index in [1.54, 1.807) is 31.2 Å². The molecule has 1 heterocycles. The van der Waals surface area contributed by atoms with Crippen molar-refractivity contribution in [2.75, 3.05) is 13.1 Å². The van der Waals surface area contributed by atoms with E-state index in [0.29, 0.717) is 18.3 Å². The Morgan fingerprint density at radius 1 is 1.35 bits per heavy atom. The summed E-state index contributed by atoms with van der Waals surface area (Å²) < 4.78 is 5.24. The van der Waals surface area contributed by atoms with Gasteiger partial charge in [-0.05, 0) is 31.5 Å². The largest absolute Gasteiger partial charge is 0.466 e. The number of hydrogen-bond donors (Lipinski definition) is 3. The number of halogens is 1. The van der Waals surface area contributed by atoms with Crippen molar-refractivity contribution in [3.63, 3.8) is 0 Å². The monoisotopic (exact) mass is 474 g/mol. The fourth-order valence-electron chi connectivity index (χ4n) is 2.21. The van der Waals surface area contributed by atoms with Gasteiger partial charge in [0, 0.05) is 18.7 Å². The van der Waals surface area contributed by atoms with Gasteiger partial charge in [0.2, 0.25) is 0 Å². The van der Waals surface area contributed by atoms with Crippen molar-refractivity contribution in [2.45, 2.75) is 26.0 Å². The Morgan fingerprint density at radius 2 is 2.12 bits per heavy atom. The number of furan rings is 1. The van der Waals surface area contributed by atoms with Gasteiger partial charge in [-0.25, -0.2) is 4.99 Å². The first-order chi connectivity index (χ1) is 11.9. The lowest BCUT2D eigenvalue weighted by molar-refractivity contribution is -0.384. The fraction of sp³-hybridized carbons (Fsp3) is 0.353. The second kappa shape index (κ2) is 10.1. The first kappa shape index (κ1) is 21.9. The van der Waals surface area contributed by atoms with Crippen LogP contribution in [-0.4, -0.2) is 29.1 Å². The summed E-state index contributed by atoms with van der Waals surface area (Å²) in [6, 6.07) is 9.76. The Kier molecular flexibility index (Phi) is 8.52. The molecule has 1 unspecified atom stereocenters. The molecule has 0 saturated carbocycles. The average molecular weight is 474 g/mol. The quantitative estimate of drug-likeness (QED) is 0.187. The van der Waals surface area contributed by atoms with Crippen molar-refractivity contribution in [1.82, 2.24) is 10.6 Å². The van der Waals surface area contributed by atoms with Gasteiger partial charge >= 0.3 is 0 Å². The predicted molar refractivity (Wildman–Crippen MR) is 110 cm³/mol. The van der Waals surface area contributed by atoms with Crippen LogP contribution in [0.25, 0.3) is 0 Å². The lowest BCUT2D eigenvalue weighted by Crippen LogP contribution is -2.44. The molecule has 0 radical (unpaired) electrons. The zero-order valence-corrected chi connectivity index (χ0v) is 17.0. The van der Waals surface area contributed by atoms with Gasteiger partial charge in [-0.1, -0.05) is 12.1 Å². The normalized spacial score (nSPS) is 13.4. The summed E-state index contributed by atoms with van der Waals surface area (Å²) in [6.07, 6.45) is 1.51. The van der Waals surface area contributed by atoms with E-state index in [4.69, 9.17) is 4.42 Å². The molecule has 0 spiro atoms. The molecule has 0 amide bonds. The summed E-state index contributed by atoms with van der Waals surface area (Å²) in [5, 5.41) is 27.4. The maximum Gasteiger partial charge on any atom is 0.269 e. The second-order valence-electron chi connectivity index (χ2n) is 5.73. The van der Waals surface area contributed by atoms with Crippen molar-refractivity contribution in [3.8, 4) is 0 Å². The van der Waals surface area contributed by atoms with Crippen LogP contribution < -0.4 is 10.6 Å². The third kappa shape index (κ3) is 6.30. The van der Waals surface area contributed by atoms with Crippen molar-refractivity contribution in [3.05, 3.63) is 64.1 Å². The number of hydrogen-bond acceptors (Lipinski definition) is 5. The number of non-ortho nitro benzene ring substituents is 1. The van der Waals surface area contributed by atoms with E-state index in [2.05, 4.69) is 15.6 Å². The van der Waals surface area contributed by atoms with Crippen molar-refractivity contribution < 1.29 is 14.4 Å². The van der Waals surface area contributed by atoms with Gasteiger partial charge in [0.25, 0.3) is 5.69 Å². The maximum atomic E-state index is 10.8. The van der Waals surface area contributed by atoms with Crippen LogP contribution in [0.3, 0.4) is 0 Å². The first-order valence-electron chi connectivity index (χ1n) is 7.94. The Labute approximate surface area is 168 Å². The molecule has 0 aliphatic heterocycles. The Balaban J connectivity index is 0.00000338. The van der Waals surface area contributed by atoms with Crippen LogP contribution >= 0.6 is 24.0 Å². The van der Waals surface area contributed by atoms with Crippen LogP contribution in [0, 0.1) is 10.1 Å². The van der Waals surface area contributed by atoms with Gasteiger partial charge in [-0.3, -0.25) is 10.1 Å². The van der Waals surface area contributed by atoms with Gasteiger partial charge < -0.3 is 20.2 Å². The van der Waals surface area contributed by atoms with Gasteiger partial charge in [0.1, 0.15) is 11.4 Å². The second-order valence-corrected chi connectivity index (χ2v) is 5.73. The van der Waals surface area contributed by atoms with Crippen molar-refractivity contribution >= 4 is 35.6 Å². The number of rotatable bonds is 7. The molecule has 9 heteroatoms. The molecule has 1 aromatic heterocycles. The van der Waals surface area contributed by atoms with Crippen LogP contribution in [0.15, 0.2) is 52.1 Å². The van der Waals surface area contributed by atoms with Gasteiger partial charge in [-0.2, -0.15) is 0 Å². The molecular formula is C17H23IN4O4. The molecule has 142 valence electrons. The van der Waals surface area contributed by atoms with Crippen LogP contribution in [0.5, 0.6) is 0 Å². The minimum Gasteiger partial charge on any atom is -0.466 e. The summed E-state index contributed by atoms with van der Waals surface area (Å²) in [5.41, 5.74) is -0.429. The highest BCUT2D eigenvalue weighted by Gasteiger charge is 2.26. The van der Waals surface area contributed by atoms with Gasteiger partial charge in [0.05, 0.1) is 24.3 Å². The van der Waals surface area contributed by atoms with E-state index >= 15 is 0 Å². The van der Waals surface area contributed by atoms with Gasteiger partial charge in [0.15, 0.2) is 5.96 Å². The lowest BCUT2D eigenvalue weighted by Gasteiger charge is -2.22. The summed E-state index contributed by atoms with van der Waals surface area (Å²) in [7, 11) is 0. The Bertz CT molecular complexity index is 732. The molecule has 0 saturated heterocycles. The zero-order chi connectivity index (χ0) is 18.3. The number of nitrogens with zero attached hydrogens (tertiary/aromatic N) is 2. The SMILES string of the molecule is CCNC(=NCc1cccc([N+](=O)[O-])c1)NCC(C)(O)c1ccco1.I. The van der Waals surface area contributed by atoms with E-state index in [1.807, 2.05) is 6.92 Å². The molecule has 0 aliphatic rings. The van der Waals surface area contributed by atoms with Crippen LogP contribution in [0.4, 0.5) is 5.69 Å². The molecule has 0 bridgehead atoms. The number of aliphatic hydroxyl groups is 1. The van der Waals surface area contributed by atoms with E-state index in [-0.39, 0.29) is 42.8 Å². The molecule has 2 aromatic rings. The van der Waals surface area contributed by atoms with Crippen LogP contribution in [-0.2, 0) is 12.1 Å². The minimum absolute atomic E-state index is 0. The van der Waals surface area contributed by atoms with Crippen molar-refractivity contribution in [2.24, 2.45) is 4.99 Å². The number of aliphatic imine (C=N–C) groups is 1. The number of nitro benzene ring substituents is 1. The Hall–Kier alpha value is -2.14. The highest BCUT2D eigenvalue weighted by atomic mass is 127. The highest BCUT2D eigenvalue weighted by Crippen LogP contribution is 2.19. The molecular weight excluding hydrogens is 451 g/mol. The predicted octanol–water partition coefficient (Wildman–Crippen LogP) is 2.77. The Morgan fingerprint density at radius 3 is 2.73 bits per heavy atom. The maximum absolute atomic E-state index is 10.8. The highest BCUT2D eigenvalue weighted by molar-refractivity contribution is 14.0. The number of guanidine groups is 1. The fourth-order valence-corrected chi connectivity index (χ4v) is 2.21. The summed E-state index contributed by atoms with van der Waals surface area (Å²) in [6.45, 7) is 4.68. The number of benzene rings is 1. The van der Waals surface area contributed by atoms with E-state index in [9.17, 15) is 15.2 Å². The standard InChI is InChI=1S/C17H22N4O4.HI/c1-3-18-16(20-12-17(2,22)15-8-5-9-25-15)19-11-13-6-4-7-14(10-13)21(23)24;/h4-10,22H,3,11-12H2,1-2H3,(H2,18,19,20);1H. The molecule has 2 rings (SSSR count). The third-order valence-corrected chi connectivity index (χ3v) is 3.54. The minimum atomic E-state index is -1.19. The molecule has 26 heavy (non-hydrogen) atoms. The summed E-state index contributed by atoms with van der Waals surface area (Å²) in [4.78, 5) is 14.8. The number of nitrogens with one attached hydrogen (secondary N) is 2. The van der Waals surface area contributed by atoms with E-state index < -0.39 is 10.5 Å². The van der Waals surface area contributed by atoms with Crippen LogP contribution in [0.2, 0.25) is 0 Å². The number of nitro groups is 1. The smallest absolute Gasteiger partial charge is 0.269 e. The first-order valence-corrected chi connectivity index (χ1v) is 7.94. The van der Waals surface area contributed by atoms with E-state index in [0.717, 1.165) is 5.56 Å². The lowest BCUT2D eigenvalue weighted by atomic mass is 10.0. The third-order valence-electron chi connectivity index (χ3n) is 3.54. The molecule has 8 nitrogen and oxygen atoms in total. The average Bonchev–Trinajstić information content (AvgIpc) is 3.13. The topological polar surface area (TPSA) is 113 Å². The molecule has 1 atom stereocenters. The summed E-state index contributed by atoms with van der Waals surface area (Å²) in [5.74, 6) is 0.954. The molecule has 0 aliphatic carbocycles. The molecule has 1 aromatic carbocycles. The summed E-state index contributed by atoms with van der Waals surface area (Å²) >= 11 is 0.